The van der Waals surface area contributed by atoms with E-state index in [2.05, 4.69) is 58.5 Å². The summed E-state index contributed by atoms with van der Waals surface area (Å²) < 4.78 is 0. The topological polar surface area (TPSA) is 73.5 Å². The van der Waals surface area contributed by atoms with Crippen molar-refractivity contribution in [1.82, 2.24) is 10.6 Å². The minimum Gasteiger partial charge on any atom is -0.372 e. The molecule has 0 fully saturated rings. The summed E-state index contributed by atoms with van der Waals surface area (Å²) in [6.45, 7) is 11.9. The number of amidine groups is 2. The van der Waals surface area contributed by atoms with Crippen molar-refractivity contribution < 1.29 is 0 Å². The van der Waals surface area contributed by atoms with Crippen molar-refractivity contribution in [3.8, 4) is 0 Å². The Labute approximate surface area is 158 Å². The first-order valence-corrected chi connectivity index (χ1v) is 8.43. The molecule has 0 aromatic rings. The second-order valence-electron chi connectivity index (χ2n) is 7.05. The van der Waals surface area contributed by atoms with Gasteiger partial charge in [-0.2, -0.15) is 10.2 Å². The lowest BCUT2D eigenvalue weighted by Gasteiger charge is -2.26. The SMILES string of the molecule is CC(C)(/N=N/C(C)(C)C1=NCCCCN1)C1=NCCCCN1.Cl.Cl. The van der Waals surface area contributed by atoms with Crippen LogP contribution >= 0.6 is 24.8 Å². The van der Waals surface area contributed by atoms with E-state index in [0.29, 0.717) is 0 Å². The number of nitrogens with one attached hydrogen (secondary N) is 2. The first kappa shape index (κ1) is 23.1. The van der Waals surface area contributed by atoms with Gasteiger partial charge in [-0.3, -0.25) is 9.98 Å². The molecule has 0 radical (unpaired) electrons. The van der Waals surface area contributed by atoms with Crippen LogP contribution in [0.5, 0.6) is 0 Å². The Morgan fingerprint density at radius 3 is 1.46 bits per heavy atom. The molecule has 0 aliphatic carbocycles. The summed E-state index contributed by atoms with van der Waals surface area (Å²) in [6.07, 6.45) is 4.59. The maximum Gasteiger partial charge on any atom is 0.133 e. The van der Waals surface area contributed by atoms with Crippen molar-refractivity contribution >= 4 is 36.5 Å². The Balaban J connectivity index is 0.00000264. The monoisotopic (exact) mass is 378 g/mol. The van der Waals surface area contributed by atoms with Crippen LogP contribution in [0, 0.1) is 0 Å². The molecule has 140 valence electrons. The predicted molar refractivity (Wildman–Crippen MR) is 107 cm³/mol. The lowest BCUT2D eigenvalue weighted by molar-refractivity contribution is 0.545. The van der Waals surface area contributed by atoms with Gasteiger partial charge in [0.15, 0.2) is 0 Å². The van der Waals surface area contributed by atoms with E-state index in [9.17, 15) is 0 Å². The molecule has 0 amide bonds. The van der Waals surface area contributed by atoms with Crippen molar-refractivity contribution in [1.29, 1.82) is 0 Å². The van der Waals surface area contributed by atoms with Gasteiger partial charge in [-0.25, -0.2) is 0 Å². The molecule has 0 atom stereocenters. The number of azo groups is 1. The lowest BCUT2D eigenvalue weighted by Crippen LogP contribution is -2.43. The highest BCUT2D eigenvalue weighted by Crippen LogP contribution is 2.19. The fourth-order valence-corrected chi connectivity index (χ4v) is 2.54. The molecule has 0 bridgehead atoms. The van der Waals surface area contributed by atoms with Crippen LogP contribution in [-0.4, -0.2) is 48.9 Å². The van der Waals surface area contributed by atoms with E-state index in [1.54, 1.807) is 0 Å². The minimum atomic E-state index is -0.424. The summed E-state index contributed by atoms with van der Waals surface area (Å²) in [7, 11) is 0. The number of rotatable bonds is 4. The first-order valence-electron chi connectivity index (χ1n) is 8.43. The van der Waals surface area contributed by atoms with Crippen LogP contribution in [0.15, 0.2) is 20.2 Å². The minimum absolute atomic E-state index is 0. The number of hydrogen-bond donors (Lipinski definition) is 2. The zero-order valence-electron chi connectivity index (χ0n) is 15.3. The summed E-state index contributed by atoms with van der Waals surface area (Å²) in [5.74, 6) is 1.89. The van der Waals surface area contributed by atoms with Crippen molar-refractivity contribution in [2.75, 3.05) is 26.2 Å². The largest absolute Gasteiger partial charge is 0.372 e. The van der Waals surface area contributed by atoms with Crippen LogP contribution in [-0.2, 0) is 0 Å². The molecule has 8 heteroatoms. The molecule has 0 saturated heterocycles. The van der Waals surface area contributed by atoms with Crippen LogP contribution in [0.2, 0.25) is 0 Å². The van der Waals surface area contributed by atoms with E-state index in [0.717, 1.165) is 63.5 Å². The van der Waals surface area contributed by atoms with Gasteiger partial charge < -0.3 is 10.6 Å². The molecular weight excluding hydrogens is 347 g/mol. The Hall–Kier alpha value is -0.880. The third-order valence-corrected chi connectivity index (χ3v) is 4.00. The van der Waals surface area contributed by atoms with Crippen LogP contribution in [0.25, 0.3) is 0 Å². The normalized spacial score (nSPS) is 19.5. The van der Waals surface area contributed by atoms with Gasteiger partial charge in [0, 0.05) is 26.2 Å². The van der Waals surface area contributed by atoms with Gasteiger partial charge in [0.05, 0.1) is 0 Å². The Bertz CT molecular complexity index is 429. The Kier molecular flexibility index (Phi) is 9.81. The van der Waals surface area contributed by atoms with Gasteiger partial charge in [-0.15, -0.1) is 24.8 Å². The third-order valence-electron chi connectivity index (χ3n) is 4.00. The molecule has 0 spiro atoms. The van der Waals surface area contributed by atoms with Crippen molar-refractivity contribution in [3.05, 3.63) is 0 Å². The van der Waals surface area contributed by atoms with E-state index in [-0.39, 0.29) is 24.8 Å². The fourth-order valence-electron chi connectivity index (χ4n) is 2.54. The van der Waals surface area contributed by atoms with Gasteiger partial charge in [-0.05, 0) is 53.4 Å². The van der Waals surface area contributed by atoms with Crippen LogP contribution in [0.1, 0.15) is 53.4 Å². The molecule has 0 aromatic heterocycles. The van der Waals surface area contributed by atoms with Crippen molar-refractivity contribution in [3.63, 3.8) is 0 Å². The second kappa shape index (κ2) is 10.2. The summed E-state index contributed by atoms with van der Waals surface area (Å²) in [5.41, 5.74) is -0.847. The standard InChI is InChI=1S/C16H30N6.2ClH/c1-15(2,13-17-9-5-6-10-18-13)21-22-16(3,4)14-19-11-7-8-12-20-14;;/h5-12H2,1-4H3,(H,17,18)(H,19,20);2*1H/b22-21+;;. The number of hydrogen-bond acceptors (Lipinski definition) is 6. The molecular formula is C16H32Cl2N6. The highest BCUT2D eigenvalue weighted by atomic mass is 35.5. The summed E-state index contributed by atoms with van der Waals surface area (Å²) >= 11 is 0. The highest BCUT2D eigenvalue weighted by Gasteiger charge is 2.30. The third kappa shape index (κ3) is 6.55. The molecule has 0 unspecified atom stereocenters. The number of nitrogens with zero attached hydrogens (tertiary/aromatic N) is 4. The Morgan fingerprint density at radius 1 is 0.708 bits per heavy atom. The average Bonchev–Trinajstić information content (AvgIpc) is 2.90. The summed E-state index contributed by atoms with van der Waals surface area (Å²) in [4.78, 5) is 9.26. The van der Waals surface area contributed by atoms with Gasteiger partial charge in [0.1, 0.15) is 22.7 Å². The molecule has 24 heavy (non-hydrogen) atoms. The molecule has 2 N–H and O–H groups in total. The summed E-state index contributed by atoms with van der Waals surface area (Å²) in [5, 5.41) is 16.0. The smallest absolute Gasteiger partial charge is 0.133 e. The molecule has 2 aliphatic rings. The number of aliphatic imine (C=N–C) groups is 2. The molecule has 0 aromatic carbocycles. The maximum absolute atomic E-state index is 4.63. The highest BCUT2D eigenvalue weighted by molar-refractivity contribution is 5.92. The van der Waals surface area contributed by atoms with Crippen LogP contribution in [0.3, 0.4) is 0 Å². The average molecular weight is 379 g/mol. The quantitative estimate of drug-likeness (QED) is 0.735. The fraction of sp³-hybridized carbons (Fsp3) is 0.875. The van der Waals surface area contributed by atoms with E-state index < -0.39 is 11.1 Å². The van der Waals surface area contributed by atoms with E-state index in [4.69, 9.17) is 0 Å². The first-order chi connectivity index (χ1) is 10.4. The van der Waals surface area contributed by atoms with E-state index in [1.807, 2.05) is 0 Å². The van der Waals surface area contributed by atoms with Gasteiger partial charge in [-0.1, -0.05) is 0 Å². The molecule has 6 nitrogen and oxygen atoms in total. The number of halogens is 2. The molecule has 2 rings (SSSR count). The molecule has 2 heterocycles. The zero-order valence-corrected chi connectivity index (χ0v) is 16.9. The van der Waals surface area contributed by atoms with Gasteiger partial charge >= 0.3 is 0 Å². The molecule has 2 aliphatic heterocycles. The van der Waals surface area contributed by atoms with Crippen molar-refractivity contribution in [2.45, 2.75) is 64.5 Å². The zero-order chi connectivity index (χ0) is 16.1. The Morgan fingerprint density at radius 2 is 1.08 bits per heavy atom. The van der Waals surface area contributed by atoms with Gasteiger partial charge in [0.2, 0.25) is 0 Å². The van der Waals surface area contributed by atoms with Gasteiger partial charge in [0.25, 0.3) is 0 Å². The second-order valence-corrected chi connectivity index (χ2v) is 7.05. The van der Waals surface area contributed by atoms with Crippen LogP contribution < -0.4 is 10.6 Å². The van der Waals surface area contributed by atoms with Crippen LogP contribution in [0.4, 0.5) is 0 Å². The van der Waals surface area contributed by atoms with Crippen molar-refractivity contribution in [2.24, 2.45) is 20.2 Å². The van der Waals surface area contributed by atoms with E-state index in [1.165, 1.54) is 0 Å². The van der Waals surface area contributed by atoms with E-state index >= 15 is 0 Å². The predicted octanol–water partition coefficient (Wildman–Crippen LogP) is 3.40. The molecule has 0 saturated carbocycles. The lowest BCUT2D eigenvalue weighted by atomic mass is 10.0. The maximum atomic E-state index is 4.63. The summed E-state index contributed by atoms with van der Waals surface area (Å²) in [6, 6.07) is 0.